The number of aromatic nitrogens is 2. The van der Waals surface area contributed by atoms with Gasteiger partial charge in [-0.05, 0) is 74.2 Å². The van der Waals surface area contributed by atoms with Gasteiger partial charge < -0.3 is 0 Å². The average Bonchev–Trinajstić information content (AvgIpc) is 2.98. The second-order valence-corrected chi connectivity index (χ2v) is 13.7. The predicted molar refractivity (Wildman–Crippen MR) is 170 cm³/mol. The van der Waals surface area contributed by atoms with Crippen LogP contribution in [0.3, 0.4) is 0 Å². The van der Waals surface area contributed by atoms with Crippen LogP contribution in [-0.2, 0) is 12.8 Å². The van der Waals surface area contributed by atoms with Crippen LogP contribution in [0.5, 0.6) is 0 Å². The van der Waals surface area contributed by atoms with Crippen LogP contribution in [0, 0.1) is 23.7 Å². The molecule has 0 spiro atoms. The van der Waals surface area contributed by atoms with Crippen molar-refractivity contribution in [3.63, 3.8) is 0 Å². The second kappa shape index (κ2) is 20.9. The fraction of sp³-hybridized carbons (Fsp3) is 0.892. The summed E-state index contributed by atoms with van der Waals surface area (Å²) in [5.74, 6) is 5.13. The van der Waals surface area contributed by atoms with Crippen molar-refractivity contribution in [1.82, 2.24) is 9.97 Å². The molecular formula is C37H66N2. The summed E-state index contributed by atoms with van der Waals surface area (Å²) in [5.41, 5.74) is 1.34. The van der Waals surface area contributed by atoms with E-state index in [0.29, 0.717) is 0 Å². The lowest BCUT2D eigenvalue weighted by Gasteiger charge is -2.38. The van der Waals surface area contributed by atoms with Crippen molar-refractivity contribution in [2.24, 2.45) is 23.7 Å². The van der Waals surface area contributed by atoms with Crippen LogP contribution in [0.4, 0.5) is 0 Å². The molecule has 224 valence electrons. The minimum absolute atomic E-state index is 0.913. The van der Waals surface area contributed by atoms with E-state index in [9.17, 15) is 0 Å². The minimum atomic E-state index is 0.913. The molecule has 0 unspecified atom stereocenters. The van der Waals surface area contributed by atoms with Gasteiger partial charge in [0.2, 0.25) is 0 Å². The number of aryl methyl sites for hydroxylation is 2. The molecule has 3 rings (SSSR count). The zero-order valence-corrected chi connectivity index (χ0v) is 26.5. The Morgan fingerprint density at radius 1 is 0.487 bits per heavy atom. The number of rotatable bonds is 21. The molecule has 0 aliphatic heterocycles. The van der Waals surface area contributed by atoms with Gasteiger partial charge in [0.1, 0.15) is 5.82 Å². The van der Waals surface area contributed by atoms with Crippen LogP contribution in [-0.4, -0.2) is 9.97 Å². The second-order valence-electron chi connectivity index (χ2n) is 13.7. The molecule has 0 saturated heterocycles. The number of unbranched alkanes of at least 4 members (excludes halogenated alkanes) is 13. The molecule has 0 bridgehead atoms. The first-order valence-electron chi connectivity index (χ1n) is 18.1. The Kier molecular flexibility index (Phi) is 17.5. The highest BCUT2D eigenvalue weighted by Gasteiger charge is 2.30. The Hall–Kier alpha value is -0.920. The third-order valence-electron chi connectivity index (χ3n) is 10.5. The third kappa shape index (κ3) is 14.0. The van der Waals surface area contributed by atoms with Gasteiger partial charge in [0.25, 0.3) is 0 Å². The molecule has 2 aliphatic rings. The van der Waals surface area contributed by atoms with Gasteiger partial charge in [0.15, 0.2) is 0 Å². The fourth-order valence-corrected chi connectivity index (χ4v) is 7.72. The van der Waals surface area contributed by atoms with Crippen LogP contribution < -0.4 is 0 Å². The van der Waals surface area contributed by atoms with E-state index in [0.717, 1.165) is 42.3 Å². The van der Waals surface area contributed by atoms with Crippen LogP contribution >= 0.6 is 0 Å². The predicted octanol–water partition coefficient (Wildman–Crippen LogP) is 11.8. The molecule has 1 heterocycles. The minimum Gasteiger partial charge on any atom is -0.241 e. The molecule has 39 heavy (non-hydrogen) atoms. The average molecular weight is 539 g/mol. The smallest absolute Gasteiger partial charge is 0.128 e. The molecule has 0 amide bonds. The first-order valence-corrected chi connectivity index (χ1v) is 18.1. The Morgan fingerprint density at radius 2 is 0.923 bits per heavy atom. The number of hydrogen-bond acceptors (Lipinski definition) is 2. The van der Waals surface area contributed by atoms with E-state index in [1.165, 1.54) is 166 Å². The molecular weight excluding hydrogens is 472 g/mol. The van der Waals surface area contributed by atoms with Crippen molar-refractivity contribution in [3.05, 3.63) is 23.8 Å². The largest absolute Gasteiger partial charge is 0.241 e. The standard InChI is InChI=1S/C37H66N2/c1-3-5-7-9-10-11-12-13-15-17-19-34-30-38-37(39-31-34)29-24-33-22-27-36(28-23-33)35-25-20-32(21-26-35)18-16-14-8-6-4-2/h30-33,35-36H,3-29H2,1-2H3/t32-,33-,35-,36-. The van der Waals surface area contributed by atoms with E-state index in [-0.39, 0.29) is 0 Å². The Bertz CT molecular complexity index is 682. The number of hydrogen-bond donors (Lipinski definition) is 0. The normalized spacial score (nSPS) is 23.7. The lowest BCUT2D eigenvalue weighted by atomic mass is 9.68. The molecule has 2 heteroatoms. The molecule has 2 aliphatic carbocycles. The zero-order chi connectivity index (χ0) is 27.4. The molecule has 0 radical (unpaired) electrons. The third-order valence-corrected chi connectivity index (χ3v) is 10.5. The summed E-state index contributed by atoms with van der Waals surface area (Å²) in [7, 11) is 0. The SMILES string of the molecule is CCCCCCCCCCCCc1cnc(CC[C@H]2CC[C@H]([C@H]3CC[C@H](CCCCCCC)CC3)CC2)nc1. The molecule has 0 N–H and O–H groups in total. The van der Waals surface area contributed by atoms with Crippen molar-refractivity contribution >= 4 is 0 Å². The van der Waals surface area contributed by atoms with Gasteiger partial charge in [-0.1, -0.05) is 136 Å². The van der Waals surface area contributed by atoms with Gasteiger partial charge in [-0.3, -0.25) is 0 Å². The Morgan fingerprint density at radius 3 is 1.44 bits per heavy atom. The highest BCUT2D eigenvalue weighted by Crippen LogP contribution is 2.43. The number of nitrogens with zero attached hydrogens (tertiary/aromatic N) is 2. The van der Waals surface area contributed by atoms with Gasteiger partial charge in [-0.25, -0.2) is 9.97 Å². The van der Waals surface area contributed by atoms with E-state index in [1.807, 2.05) is 0 Å². The van der Waals surface area contributed by atoms with Gasteiger partial charge >= 0.3 is 0 Å². The zero-order valence-electron chi connectivity index (χ0n) is 26.5. The summed E-state index contributed by atoms with van der Waals surface area (Å²) >= 11 is 0. The summed E-state index contributed by atoms with van der Waals surface area (Å²) in [5, 5.41) is 0. The van der Waals surface area contributed by atoms with Gasteiger partial charge in [-0.2, -0.15) is 0 Å². The van der Waals surface area contributed by atoms with Crippen molar-refractivity contribution in [2.45, 2.75) is 187 Å². The van der Waals surface area contributed by atoms with Crippen LogP contribution in [0.2, 0.25) is 0 Å². The van der Waals surface area contributed by atoms with Crippen LogP contribution in [0.1, 0.15) is 186 Å². The summed E-state index contributed by atoms with van der Waals surface area (Å²) in [6.45, 7) is 4.62. The summed E-state index contributed by atoms with van der Waals surface area (Å²) in [6, 6.07) is 0. The van der Waals surface area contributed by atoms with Crippen molar-refractivity contribution in [3.8, 4) is 0 Å². The van der Waals surface area contributed by atoms with Gasteiger partial charge in [0, 0.05) is 18.8 Å². The summed E-state index contributed by atoms with van der Waals surface area (Å²) in [4.78, 5) is 9.49. The van der Waals surface area contributed by atoms with Gasteiger partial charge in [0.05, 0.1) is 0 Å². The van der Waals surface area contributed by atoms with E-state index in [2.05, 4.69) is 26.2 Å². The Labute approximate surface area is 244 Å². The molecule has 0 atom stereocenters. The lowest BCUT2D eigenvalue weighted by Crippen LogP contribution is -2.26. The lowest BCUT2D eigenvalue weighted by molar-refractivity contribution is 0.140. The quantitative estimate of drug-likeness (QED) is 0.145. The fourth-order valence-electron chi connectivity index (χ4n) is 7.72. The Balaban J connectivity index is 1.18. The molecule has 0 aromatic carbocycles. The molecule has 2 saturated carbocycles. The highest BCUT2D eigenvalue weighted by atomic mass is 14.9. The van der Waals surface area contributed by atoms with E-state index in [1.54, 1.807) is 0 Å². The van der Waals surface area contributed by atoms with Gasteiger partial charge in [-0.15, -0.1) is 0 Å². The monoisotopic (exact) mass is 539 g/mol. The summed E-state index contributed by atoms with van der Waals surface area (Å²) in [6.07, 6.45) is 42.6. The maximum atomic E-state index is 4.75. The van der Waals surface area contributed by atoms with Crippen LogP contribution in [0.25, 0.3) is 0 Å². The van der Waals surface area contributed by atoms with Crippen LogP contribution in [0.15, 0.2) is 12.4 Å². The molecule has 1 aromatic heterocycles. The van der Waals surface area contributed by atoms with E-state index >= 15 is 0 Å². The molecule has 2 fully saturated rings. The van der Waals surface area contributed by atoms with Crippen molar-refractivity contribution in [1.29, 1.82) is 0 Å². The van der Waals surface area contributed by atoms with Crippen molar-refractivity contribution in [2.75, 3.05) is 0 Å². The molecule has 2 nitrogen and oxygen atoms in total. The summed E-state index contributed by atoms with van der Waals surface area (Å²) < 4.78 is 0. The topological polar surface area (TPSA) is 25.8 Å². The van der Waals surface area contributed by atoms with E-state index < -0.39 is 0 Å². The maximum Gasteiger partial charge on any atom is 0.128 e. The molecule has 1 aromatic rings. The highest BCUT2D eigenvalue weighted by molar-refractivity contribution is 5.05. The maximum absolute atomic E-state index is 4.75. The van der Waals surface area contributed by atoms with Crippen molar-refractivity contribution < 1.29 is 0 Å². The first-order chi connectivity index (χ1) is 19.3. The first kappa shape index (κ1) is 32.6. The van der Waals surface area contributed by atoms with E-state index in [4.69, 9.17) is 9.97 Å².